The summed E-state index contributed by atoms with van der Waals surface area (Å²) in [5.74, 6) is 0.532. The van der Waals surface area contributed by atoms with Crippen LogP contribution in [0.15, 0.2) is 18.2 Å². The van der Waals surface area contributed by atoms with Crippen LogP contribution in [0.2, 0.25) is 0 Å². The van der Waals surface area contributed by atoms with Crippen molar-refractivity contribution in [2.75, 3.05) is 0 Å². The van der Waals surface area contributed by atoms with E-state index in [2.05, 4.69) is 19.9 Å². The standard InChI is InChI=1S/C19H32O4S.Na/c1-5-7-9-11-16-13-14-17(12-10-8-6-2)18(15-16)23-19(3,4)24(20,21)22;/h13-15H,5-12H2,1-4H3,(H,20,21,22);/q;+1/p-1. The first-order chi connectivity index (χ1) is 11.2. The molecule has 4 nitrogen and oxygen atoms in total. The molecule has 0 bridgehead atoms. The fourth-order valence-corrected chi connectivity index (χ4v) is 2.71. The van der Waals surface area contributed by atoms with Gasteiger partial charge in [0.15, 0.2) is 4.93 Å². The maximum absolute atomic E-state index is 11.4. The molecule has 0 fully saturated rings. The van der Waals surface area contributed by atoms with Gasteiger partial charge in [-0.2, -0.15) is 0 Å². The molecule has 0 aromatic heterocycles. The third-order valence-corrected chi connectivity index (χ3v) is 5.50. The molecule has 0 amide bonds. The van der Waals surface area contributed by atoms with E-state index < -0.39 is 15.1 Å². The first kappa shape index (κ1) is 24.9. The summed E-state index contributed by atoms with van der Waals surface area (Å²) >= 11 is 0. The van der Waals surface area contributed by atoms with Crippen LogP contribution < -0.4 is 34.3 Å². The summed E-state index contributed by atoms with van der Waals surface area (Å²) in [4.78, 5) is -1.77. The molecule has 0 saturated carbocycles. The summed E-state index contributed by atoms with van der Waals surface area (Å²) in [6.45, 7) is 6.93. The zero-order valence-corrected chi connectivity index (χ0v) is 19.2. The number of benzene rings is 1. The molecular weight excluding hydrogens is 347 g/mol. The largest absolute Gasteiger partial charge is 1.00 e. The van der Waals surface area contributed by atoms with Crippen LogP contribution in [0.25, 0.3) is 0 Å². The third kappa shape index (κ3) is 8.44. The van der Waals surface area contributed by atoms with Crippen LogP contribution >= 0.6 is 0 Å². The topological polar surface area (TPSA) is 66.4 Å². The van der Waals surface area contributed by atoms with E-state index in [1.54, 1.807) is 0 Å². The van der Waals surface area contributed by atoms with Crippen molar-refractivity contribution in [3.8, 4) is 5.75 Å². The molecule has 0 unspecified atom stereocenters. The molecule has 1 rings (SSSR count). The van der Waals surface area contributed by atoms with Gasteiger partial charge in [-0.15, -0.1) is 0 Å². The van der Waals surface area contributed by atoms with Gasteiger partial charge in [0, 0.05) is 0 Å². The summed E-state index contributed by atoms with van der Waals surface area (Å²) in [6.07, 6.45) is 8.42. The van der Waals surface area contributed by atoms with E-state index >= 15 is 0 Å². The average Bonchev–Trinajstić information content (AvgIpc) is 2.48. The minimum atomic E-state index is -4.55. The van der Waals surface area contributed by atoms with E-state index in [4.69, 9.17) is 4.74 Å². The van der Waals surface area contributed by atoms with Crippen molar-refractivity contribution in [3.63, 3.8) is 0 Å². The molecule has 6 heteroatoms. The monoisotopic (exact) mass is 378 g/mol. The van der Waals surface area contributed by atoms with Gasteiger partial charge in [-0.25, -0.2) is 8.42 Å². The van der Waals surface area contributed by atoms with E-state index in [1.807, 2.05) is 12.1 Å². The molecule has 0 N–H and O–H groups in total. The number of aryl methyl sites for hydroxylation is 2. The average molecular weight is 379 g/mol. The number of unbranched alkanes of at least 4 members (excludes halogenated alkanes) is 4. The summed E-state index contributed by atoms with van der Waals surface area (Å²) in [5, 5.41) is 0. The van der Waals surface area contributed by atoms with Crippen LogP contribution in [0.1, 0.15) is 77.3 Å². The summed E-state index contributed by atoms with van der Waals surface area (Å²) in [5.41, 5.74) is 2.09. The Labute approximate surface area is 175 Å². The van der Waals surface area contributed by atoms with Crippen LogP contribution in [0, 0.1) is 0 Å². The van der Waals surface area contributed by atoms with Crippen molar-refractivity contribution in [3.05, 3.63) is 29.3 Å². The van der Waals surface area contributed by atoms with Crippen molar-refractivity contribution in [2.45, 2.75) is 84.0 Å². The molecular formula is C19H31NaO4S. The molecule has 0 aliphatic carbocycles. The molecule has 138 valence electrons. The zero-order valence-electron chi connectivity index (χ0n) is 16.4. The molecule has 0 saturated heterocycles. The van der Waals surface area contributed by atoms with Gasteiger partial charge in [0.2, 0.25) is 0 Å². The predicted octanol–water partition coefficient (Wildman–Crippen LogP) is 1.82. The van der Waals surface area contributed by atoms with Gasteiger partial charge in [-0.1, -0.05) is 51.7 Å². The van der Waals surface area contributed by atoms with Gasteiger partial charge in [-0.3, -0.25) is 0 Å². The first-order valence-electron chi connectivity index (χ1n) is 8.97. The van der Waals surface area contributed by atoms with Crippen molar-refractivity contribution < 1.29 is 47.3 Å². The van der Waals surface area contributed by atoms with Gasteiger partial charge in [0.25, 0.3) is 0 Å². The molecule has 0 radical (unpaired) electrons. The molecule has 1 aromatic rings. The minimum absolute atomic E-state index is 0. The molecule has 0 heterocycles. The Hall–Kier alpha value is -0.0700. The fourth-order valence-electron chi connectivity index (χ4n) is 2.52. The van der Waals surface area contributed by atoms with Gasteiger partial charge in [0.05, 0.1) is 0 Å². The second kappa shape index (κ2) is 11.6. The van der Waals surface area contributed by atoms with Crippen molar-refractivity contribution >= 4 is 10.1 Å². The second-order valence-electron chi connectivity index (χ2n) is 6.81. The summed E-state index contributed by atoms with van der Waals surface area (Å²) < 4.78 is 40.0. The zero-order chi connectivity index (χ0) is 18.2. The Kier molecular flexibility index (Phi) is 11.6. The first-order valence-corrected chi connectivity index (χ1v) is 10.4. The molecule has 1 aromatic carbocycles. The molecule has 0 spiro atoms. The minimum Gasteiger partial charge on any atom is -0.745 e. The number of rotatable bonds is 11. The normalized spacial score (nSPS) is 11.9. The summed E-state index contributed by atoms with van der Waals surface area (Å²) in [6, 6.07) is 6.01. The molecule has 25 heavy (non-hydrogen) atoms. The van der Waals surface area contributed by atoms with Crippen molar-refractivity contribution in [1.82, 2.24) is 0 Å². The summed E-state index contributed by atoms with van der Waals surface area (Å²) in [7, 11) is -4.55. The van der Waals surface area contributed by atoms with Crippen LogP contribution in [0.5, 0.6) is 5.75 Å². The van der Waals surface area contributed by atoms with Crippen molar-refractivity contribution in [2.24, 2.45) is 0 Å². The van der Waals surface area contributed by atoms with E-state index in [9.17, 15) is 13.0 Å². The fraction of sp³-hybridized carbons (Fsp3) is 0.684. The smallest absolute Gasteiger partial charge is 0.745 e. The third-order valence-electron chi connectivity index (χ3n) is 4.21. The second-order valence-corrected chi connectivity index (χ2v) is 8.70. The van der Waals surface area contributed by atoms with Crippen LogP contribution in [0.3, 0.4) is 0 Å². The predicted molar refractivity (Wildman–Crippen MR) is 97.3 cm³/mol. The van der Waals surface area contributed by atoms with E-state index in [-0.39, 0.29) is 29.6 Å². The SMILES string of the molecule is CCCCCc1ccc(CCCCC)c(OC(C)(C)S(=O)(=O)[O-])c1.[Na+]. The van der Waals surface area contributed by atoms with E-state index in [1.165, 1.54) is 13.8 Å². The Bertz CT molecular complexity index is 612. The number of hydrogen-bond donors (Lipinski definition) is 0. The van der Waals surface area contributed by atoms with E-state index in [0.717, 1.165) is 62.5 Å². The van der Waals surface area contributed by atoms with Crippen molar-refractivity contribution in [1.29, 1.82) is 0 Å². The van der Waals surface area contributed by atoms with E-state index in [0.29, 0.717) is 5.75 Å². The van der Waals surface area contributed by atoms with Gasteiger partial charge in [-0.05, 0) is 56.7 Å². The quantitative estimate of drug-likeness (QED) is 0.335. The Balaban J connectivity index is 0.00000576. The molecule has 0 aliphatic rings. The maximum atomic E-state index is 11.4. The van der Waals surface area contributed by atoms with Gasteiger partial charge >= 0.3 is 29.6 Å². The maximum Gasteiger partial charge on any atom is 1.00 e. The van der Waals surface area contributed by atoms with Crippen LogP contribution in [0.4, 0.5) is 0 Å². The Morgan fingerprint density at radius 3 is 2.08 bits per heavy atom. The number of ether oxygens (including phenoxy) is 1. The van der Waals surface area contributed by atoms with Gasteiger partial charge in [0.1, 0.15) is 15.9 Å². The van der Waals surface area contributed by atoms with Crippen LogP contribution in [-0.4, -0.2) is 17.9 Å². The Morgan fingerprint density at radius 1 is 1.00 bits per heavy atom. The molecule has 0 aliphatic heterocycles. The number of hydrogen-bond acceptors (Lipinski definition) is 4. The van der Waals surface area contributed by atoms with Crippen LogP contribution in [-0.2, 0) is 23.0 Å². The van der Waals surface area contributed by atoms with Gasteiger partial charge < -0.3 is 9.29 Å². The molecule has 0 atom stereocenters. The Morgan fingerprint density at radius 2 is 1.56 bits per heavy atom.